The molecule has 0 saturated carbocycles. The van der Waals surface area contributed by atoms with E-state index < -0.39 is 0 Å². The van der Waals surface area contributed by atoms with E-state index in [0.717, 1.165) is 35.4 Å². The Kier molecular flexibility index (Phi) is 4.45. The Bertz CT molecular complexity index is 497. The van der Waals surface area contributed by atoms with Gasteiger partial charge in [-0.2, -0.15) is 11.8 Å². The third-order valence-corrected chi connectivity index (χ3v) is 5.97. The van der Waals surface area contributed by atoms with Crippen LogP contribution in [0.5, 0.6) is 0 Å². The van der Waals surface area contributed by atoms with Crippen molar-refractivity contribution in [3.05, 3.63) is 17.8 Å². The maximum atomic E-state index is 4.36. The molecule has 0 amide bonds. The molecular weight excluding hydrogens is 262 g/mol. The molecule has 0 saturated heterocycles. The Hall–Kier alpha value is -0.810. The molecule has 0 unspecified atom stereocenters. The molecule has 2 heterocycles. The molecule has 0 aromatic carbocycles. The lowest BCUT2D eigenvalue weighted by Crippen LogP contribution is -2.32. The number of anilines is 1. The molecule has 0 atom stereocenters. The van der Waals surface area contributed by atoms with Crippen molar-refractivity contribution >= 4 is 39.1 Å². The first-order chi connectivity index (χ1) is 8.74. The average molecular weight is 281 g/mol. The highest BCUT2D eigenvalue weighted by Crippen LogP contribution is 2.31. The first-order valence-electron chi connectivity index (χ1n) is 6.22. The zero-order valence-electron chi connectivity index (χ0n) is 11.1. The van der Waals surface area contributed by atoms with Crippen LogP contribution in [0.15, 0.2) is 17.8 Å². The zero-order valence-corrected chi connectivity index (χ0v) is 12.7. The molecule has 98 valence electrons. The van der Waals surface area contributed by atoms with E-state index in [1.54, 1.807) is 17.7 Å². The van der Waals surface area contributed by atoms with Gasteiger partial charge in [0.2, 0.25) is 0 Å². The molecule has 5 heteroatoms. The Morgan fingerprint density at radius 2 is 2.11 bits per heavy atom. The second-order valence-electron chi connectivity index (χ2n) is 4.31. The highest BCUT2D eigenvalue weighted by Gasteiger charge is 2.24. The maximum absolute atomic E-state index is 4.36. The van der Waals surface area contributed by atoms with Gasteiger partial charge in [0.05, 0.1) is 5.39 Å². The number of hydrogen-bond acceptors (Lipinski definition) is 5. The van der Waals surface area contributed by atoms with Gasteiger partial charge in [-0.3, -0.25) is 0 Å². The van der Waals surface area contributed by atoms with Crippen LogP contribution in [-0.2, 0) is 0 Å². The predicted molar refractivity (Wildman–Crippen MR) is 82.7 cm³/mol. The van der Waals surface area contributed by atoms with Crippen molar-refractivity contribution in [1.29, 1.82) is 0 Å². The number of hydrogen-bond donors (Lipinski definition) is 1. The Morgan fingerprint density at radius 1 is 1.33 bits per heavy atom. The van der Waals surface area contributed by atoms with Crippen molar-refractivity contribution in [2.75, 3.05) is 18.1 Å². The predicted octanol–water partition coefficient (Wildman–Crippen LogP) is 4.03. The van der Waals surface area contributed by atoms with E-state index in [0.29, 0.717) is 4.75 Å². The first kappa shape index (κ1) is 13.6. The summed E-state index contributed by atoms with van der Waals surface area (Å²) in [4.78, 5) is 9.68. The molecule has 0 fully saturated rings. The second-order valence-corrected chi connectivity index (χ2v) is 6.48. The molecule has 0 aliphatic heterocycles. The highest BCUT2D eigenvalue weighted by molar-refractivity contribution is 8.00. The van der Waals surface area contributed by atoms with Gasteiger partial charge in [0.15, 0.2) is 0 Å². The topological polar surface area (TPSA) is 37.8 Å². The van der Waals surface area contributed by atoms with E-state index in [9.17, 15) is 0 Å². The van der Waals surface area contributed by atoms with Crippen LogP contribution in [-0.4, -0.2) is 27.5 Å². The number of fused-ring (bicyclic) bond motifs is 1. The van der Waals surface area contributed by atoms with Crippen LogP contribution in [0.1, 0.15) is 26.7 Å². The van der Waals surface area contributed by atoms with E-state index >= 15 is 0 Å². The number of aromatic nitrogens is 2. The Morgan fingerprint density at radius 3 is 2.78 bits per heavy atom. The van der Waals surface area contributed by atoms with Gasteiger partial charge in [0, 0.05) is 11.3 Å². The van der Waals surface area contributed by atoms with Gasteiger partial charge in [-0.15, -0.1) is 11.3 Å². The minimum Gasteiger partial charge on any atom is -0.368 e. The lowest BCUT2D eigenvalue weighted by Gasteiger charge is -2.30. The molecular formula is C13H19N3S2. The summed E-state index contributed by atoms with van der Waals surface area (Å²) in [7, 11) is 0. The van der Waals surface area contributed by atoms with Gasteiger partial charge < -0.3 is 5.32 Å². The number of nitrogens with one attached hydrogen (secondary N) is 1. The molecule has 2 rings (SSSR count). The number of rotatable bonds is 6. The van der Waals surface area contributed by atoms with Crippen LogP contribution >= 0.6 is 23.1 Å². The number of nitrogens with zero attached hydrogens (tertiary/aromatic N) is 2. The van der Waals surface area contributed by atoms with E-state index in [2.05, 4.69) is 46.8 Å². The summed E-state index contributed by atoms with van der Waals surface area (Å²) in [5, 5.41) is 6.69. The second kappa shape index (κ2) is 5.89. The highest BCUT2D eigenvalue weighted by atomic mass is 32.2. The van der Waals surface area contributed by atoms with Crippen molar-refractivity contribution in [3.8, 4) is 0 Å². The minimum absolute atomic E-state index is 0.299. The molecule has 0 aliphatic rings. The molecule has 0 radical (unpaired) electrons. The van der Waals surface area contributed by atoms with Crippen molar-refractivity contribution in [1.82, 2.24) is 9.97 Å². The molecule has 2 aromatic heterocycles. The summed E-state index contributed by atoms with van der Waals surface area (Å²) in [5.74, 6) is 0.960. The van der Waals surface area contributed by atoms with E-state index in [1.165, 1.54) is 0 Å². The lowest BCUT2D eigenvalue weighted by atomic mass is 10.0. The largest absolute Gasteiger partial charge is 0.368 e. The van der Waals surface area contributed by atoms with Gasteiger partial charge >= 0.3 is 0 Å². The summed E-state index contributed by atoms with van der Waals surface area (Å²) >= 11 is 3.60. The summed E-state index contributed by atoms with van der Waals surface area (Å²) in [6.07, 6.45) is 6.15. The third-order valence-electron chi connectivity index (χ3n) is 3.56. The smallest absolute Gasteiger partial charge is 0.138 e. The standard InChI is InChI=1S/C13H19N3S2/c1-4-13(5-2,17-3)8-14-11-10-6-7-18-12(10)16-9-15-11/h6-7,9H,4-5,8H2,1-3H3,(H,14,15,16). The van der Waals surface area contributed by atoms with Gasteiger partial charge in [-0.25, -0.2) is 9.97 Å². The molecule has 0 bridgehead atoms. The molecule has 3 nitrogen and oxygen atoms in total. The van der Waals surface area contributed by atoms with E-state index in [-0.39, 0.29) is 0 Å². The van der Waals surface area contributed by atoms with Crippen LogP contribution in [0.4, 0.5) is 5.82 Å². The van der Waals surface area contributed by atoms with Crippen molar-refractivity contribution < 1.29 is 0 Å². The van der Waals surface area contributed by atoms with Gasteiger partial charge in [-0.05, 0) is 30.5 Å². The Balaban J connectivity index is 2.17. The summed E-state index contributed by atoms with van der Waals surface area (Å²) in [6.45, 7) is 5.45. The number of thioether (sulfide) groups is 1. The fourth-order valence-electron chi connectivity index (χ4n) is 2.04. The average Bonchev–Trinajstić information content (AvgIpc) is 2.90. The molecule has 18 heavy (non-hydrogen) atoms. The van der Waals surface area contributed by atoms with Crippen molar-refractivity contribution in [2.24, 2.45) is 0 Å². The van der Waals surface area contributed by atoms with Crippen molar-refractivity contribution in [2.45, 2.75) is 31.4 Å². The quantitative estimate of drug-likeness (QED) is 0.867. The first-order valence-corrected chi connectivity index (χ1v) is 8.32. The lowest BCUT2D eigenvalue weighted by molar-refractivity contribution is 0.574. The van der Waals surface area contributed by atoms with E-state index in [1.807, 2.05) is 11.8 Å². The molecule has 2 aromatic rings. The van der Waals surface area contributed by atoms with E-state index in [4.69, 9.17) is 0 Å². The maximum Gasteiger partial charge on any atom is 0.138 e. The third kappa shape index (κ3) is 2.62. The summed E-state index contributed by atoms with van der Waals surface area (Å²) in [5.41, 5.74) is 0. The molecule has 1 N–H and O–H groups in total. The Labute approximate surface area is 116 Å². The van der Waals surface area contributed by atoms with Crippen LogP contribution in [0, 0.1) is 0 Å². The molecule has 0 spiro atoms. The van der Waals surface area contributed by atoms with Crippen LogP contribution in [0.25, 0.3) is 10.2 Å². The monoisotopic (exact) mass is 281 g/mol. The van der Waals surface area contributed by atoms with Crippen LogP contribution < -0.4 is 5.32 Å². The number of thiophene rings is 1. The SMILES string of the molecule is CCC(CC)(CNc1ncnc2sccc12)SC. The fraction of sp³-hybridized carbons (Fsp3) is 0.538. The van der Waals surface area contributed by atoms with Crippen molar-refractivity contribution in [3.63, 3.8) is 0 Å². The fourth-order valence-corrected chi connectivity index (χ4v) is 3.56. The summed E-state index contributed by atoms with van der Waals surface area (Å²) < 4.78 is 0.299. The zero-order chi connectivity index (χ0) is 13.0. The van der Waals surface area contributed by atoms with Crippen LogP contribution in [0.3, 0.4) is 0 Å². The normalized spacial score (nSPS) is 11.9. The summed E-state index contributed by atoms with van der Waals surface area (Å²) in [6, 6.07) is 2.08. The van der Waals surface area contributed by atoms with Gasteiger partial charge in [0.25, 0.3) is 0 Å². The molecule has 0 aliphatic carbocycles. The van der Waals surface area contributed by atoms with Crippen LogP contribution in [0.2, 0.25) is 0 Å². The minimum atomic E-state index is 0.299. The van der Waals surface area contributed by atoms with Gasteiger partial charge in [0.1, 0.15) is 17.0 Å². The van der Waals surface area contributed by atoms with Gasteiger partial charge in [-0.1, -0.05) is 13.8 Å².